The van der Waals surface area contributed by atoms with Crippen molar-refractivity contribution in [2.75, 3.05) is 7.11 Å². The molecule has 20 heavy (non-hydrogen) atoms. The molecular formula is C16H18ClNO2. The van der Waals surface area contributed by atoms with E-state index >= 15 is 0 Å². The van der Waals surface area contributed by atoms with Gasteiger partial charge in [-0.05, 0) is 35.4 Å². The zero-order valence-electron chi connectivity index (χ0n) is 11.4. The van der Waals surface area contributed by atoms with Crippen molar-refractivity contribution in [2.45, 2.75) is 19.8 Å². The minimum absolute atomic E-state index is 0.476. The van der Waals surface area contributed by atoms with E-state index in [0.29, 0.717) is 24.8 Å². The summed E-state index contributed by atoms with van der Waals surface area (Å²) in [5.41, 5.74) is 8.76. The summed E-state index contributed by atoms with van der Waals surface area (Å²) in [6.07, 6.45) is 0. The summed E-state index contributed by atoms with van der Waals surface area (Å²) >= 11 is 5.94. The Balaban J connectivity index is 1.99. The molecule has 0 unspecified atom stereocenters. The summed E-state index contributed by atoms with van der Waals surface area (Å²) in [5.74, 6) is 0.813. The summed E-state index contributed by atoms with van der Waals surface area (Å²) in [6, 6.07) is 13.5. The summed E-state index contributed by atoms with van der Waals surface area (Å²) in [4.78, 5) is 0. The highest BCUT2D eigenvalue weighted by atomic mass is 35.5. The SMILES string of the molecule is COc1ccc(CN)cc1COCc1cccc(Cl)c1. The van der Waals surface area contributed by atoms with Crippen molar-refractivity contribution in [3.05, 3.63) is 64.2 Å². The average molecular weight is 292 g/mol. The van der Waals surface area contributed by atoms with E-state index < -0.39 is 0 Å². The molecule has 3 nitrogen and oxygen atoms in total. The molecule has 0 atom stereocenters. The van der Waals surface area contributed by atoms with Crippen LogP contribution in [-0.2, 0) is 24.5 Å². The predicted octanol–water partition coefficient (Wildman–Crippen LogP) is 3.52. The molecule has 0 aliphatic rings. The van der Waals surface area contributed by atoms with Gasteiger partial charge in [-0.15, -0.1) is 0 Å². The quantitative estimate of drug-likeness (QED) is 0.885. The van der Waals surface area contributed by atoms with E-state index in [1.54, 1.807) is 7.11 Å². The topological polar surface area (TPSA) is 44.5 Å². The molecule has 2 rings (SSSR count). The van der Waals surface area contributed by atoms with Gasteiger partial charge in [-0.3, -0.25) is 0 Å². The minimum Gasteiger partial charge on any atom is -0.496 e. The van der Waals surface area contributed by atoms with E-state index in [2.05, 4.69) is 0 Å². The number of hydrogen-bond acceptors (Lipinski definition) is 3. The Hall–Kier alpha value is -1.55. The van der Waals surface area contributed by atoms with Crippen LogP contribution in [0.1, 0.15) is 16.7 Å². The highest BCUT2D eigenvalue weighted by Crippen LogP contribution is 2.21. The molecule has 0 bridgehead atoms. The van der Waals surface area contributed by atoms with Crippen molar-refractivity contribution in [3.63, 3.8) is 0 Å². The molecule has 0 aliphatic carbocycles. The van der Waals surface area contributed by atoms with Crippen LogP contribution in [0.25, 0.3) is 0 Å². The van der Waals surface area contributed by atoms with Gasteiger partial charge in [0.1, 0.15) is 5.75 Å². The maximum Gasteiger partial charge on any atom is 0.124 e. The number of rotatable bonds is 6. The highest BCUT2D eigenvalue weighted by molar-refractivity contribution is 6.30. The van der Waals surface area contributed by atoms with Crippen molar-refractivity contribution in [3.8, 4) is 5.75 Å². The first kappa shape index (κ1) is 14.9. The van der Waals surface area contributed by atoms with Crippen molar-refractivity contribution in [2.24, 2.45) is 5.73 Å². The van der Waals surface area contributed by atoms with E-state index in [1.807, 2.05) is 42.5 Å². The third-order valence-corrected chi connectivity index (χ3v) is 3.23. The van der Waals surface area contributed by atoms with E-state index in [1.165, 1.54) is 0 Å². The summed E-state index contributed by atoms with van der Waals surface area (Å²) in [7, 11) is 1.65. The second-order valence-electron chi connectivity index (χ2n) is 4.47. The molecule has 2 aromatic carbocycles. The third-order valence-electron chi connectivity index (χ3n) is 3.00. The fourth-order valence-corrected chi connectivity index (χ4v) is 2.19. The molecule has 0 radical (unpaired) electrons. The van der Waals surface area contributed by atoms with Crippen LogP contribution in [0.5, 0.6) is 5.75 Å². The Morgan fingerprint density at radius 3 is 2.60 bits per heavy atom. The molecule has 0 saturated carbocycles. The van der Waals surface area contributed by atoms with E-state index in [9.17, 15) is 0 Å². The Labute approximate surface area is 124 Å². The number of hydrogen-bond donors (Lipinski definition) is 1. The number of benzene rings is 2. The molecule has 0 aliphatic heterocycles. The normalized spacial score (nSPS) is 10.6. The van der Waals surface area contributed by atoms with Gasteiger partial charge in [0.15, 0.2) is 0 Å². The number of ether oxygens (including phenoxy) is 2. The van der Waals surface area contributed by atoms with Crippen LogP contribution >= 0.6 is 11.6 Å². The monoisotopic (exact) mass is 291 g/mol. The zero-order chi connectivity index (χ0) is 14.4. The summed E-state index contributed by atoms with van der Waals surface area (Å²) in [6.45, 7) is 1.49. The number of methoxy groups -OCH3 is 1. The number of nitrogens with two attached hydrogens (primary N) is 1. The summed E-state index contributed by atoms with van der Waals surface area (Å²) in [5, 5.41) is 0.716. The minimum atomic E-state index is 0.476. The molecule has 0 spiro atoms. The fourth-order valence-electron chi connectivity index (χ4n) is 1.98. The van der Waals surface area contributed by atoms with Crippen molar-refractivity contribution in [1.82, 2.24) is 0 Å². The maximum absolute atomic E-state index is 5.94. The van der Waals surface area contributed by atoms with Crippen molar-refractivity contribution in [1.29, 1.82) is 0 Å². The molecule has 0 saturated heterocycles. The molecule has 0 heterocycles. The lowest BCUT2D eigenvalue weighted by molar-refractivity contribution is 0.105. The highest BCUT2D eigenvalue weighted by Gasteiger charge is 2.05. The molecule has 2 N–H and O–H groups in total. The number of halogens is 1. The molecule has 0 amide bonds. The van der Waals surface area contributed by atoms with Crippen LogP contribution in [0.3, 0.4) is 0 Å². The van der Waals surface area contributed by atoms with Crippen molar-refractivity contribution >= 4 is 11.6 Å². The molecule has 0 fully saturated rings. The van der Waals surface area contributed by atoms with E-state index in [0.717, 1.165) is 22.4 Å². The average Bonchev–Trinajstić information content (AvgIpc) is 2.47. The smallest absolute Gasteiger partial charge is 0.124 e. The van der Waals surface area contributed by atoms with Crippen LogP contribution in [0.4, 0.5) is 0 Å². The van der Waals surface area contributed by atoms with E-state index in [-0.39, 0.29) is 0 Å². The lowest BCUT2D eigenvalue weighted by Gasteiger charge is -2.11. The first-order valence-corrected chi connectivity index (χ1v) is 6.78. The molecule has 2 aromatic rings. The lowest BCUT2D eigenvalue weighted by atomic mass is 10.1. The predicted molar refractivity (Wildman–Crippen MR) is 80.8 cm³/mol. The standard InChI is InChI=1S/C16H18ClNO2/c1-19-16-6-5-12(9-18)7-14(16)11-20-10-13-3-2-4-15(17)8-13/h2-8H,9-11,18H2,1H3. The lowest BCUT2D eigenvalue weighted by Crippen LogP contribution is -2.01. The van der Waals surface area contributed by atoms with Gasteiger partial charge in [0.25, 0.3) is 0 Å². The Bertz CT molecular complexity index is 572. The van der Waals surface area contributed by atoms with Gasteiger partial charge in [-0.25, -0.2) is 0 Å². The van der Waals surface area contributed by atoms with Crippen LogP contribution in [-0.4, -0.2) is 7.11 Å². The molecule has 4 heteroatoms. The molecule has 0 aromatic heterocycles. The first-order valence-electron chi connectivity index (χ1n) is 6.41. The van der Waals surface area contributed by atoms with Gasteiger partial charge in [0, 0.05) is 17.1 Å². The summed E-state index contributed by atoms with van der Waals surface area (Å²) < 4.78 is 11.0. The maximum atomic E-state index is 5.94. The van der Waals surface area contributed by atoms with Gasteiger partial charge in [-0.2, -0.15) is 0 Å². The van der Waals surface area contributed by atoms with Gasteiger partial charge in [-0.1, -0.05) is 29.8 Å². The van der Waals surface area contributed by atoms with Crippen LogP contribution in [0.2, 0.25) is 5.02 Å². The first-order chi connectivity index (χ1) is 9.72. The molecular weight excluding hydrogens is 274 g/mol. The zero-order valence-corrected chi connectivity index (χ0v) is 12.2. The fraction of sp³-hybridized carbons (Fsp3) is 0.250. The second-order valence-corrected chi connectivity index (χ2v) is 4.91. The Kier molecular flexibility index (Phi) is 5.41. The Morgan fingerprint density at radius 2 is 1.90 bits per heavy atom. The van der Waals surface area contributed by atoms with Crippen LogP contribution in [0.15, 0.2) is 42.5 Å². The second kappa shape index (κ2) is 7.29. The molecule has 106 valence electrons. The Morgan fingerprint density at radius 1 is 1.05 bits per heavy atom. The van der Waals surface area contributed by atoms with Gasteiger partial charge < -0.3 is 15.2 Å². The van der Waals surface area contributed by atoms with E-state index in [4.69, 9.17) is 26.8 Å². The van der Waals surface area contributed by atoms with Crippen molar-refractivity contribution < 1.29 is 9.47 Å². The van der Waals surface area contributed by atoms with Crippen LogP contribution < -0.4 is 10.5 Å². The van der Waals surface area contributed by atoms with Gasteiger partial charge >= 0.3 is 0 Å². The van der Waals surface area contributed by atoms with Gasteiger partial charge in [0.05, 0.1) is 20.3 Å². The van der Waals surface area contributed by atoms with Crippen LogP contribution in [0, 0.1) is 0 Å². The third kappa shape index (κ3) is 3.97. The van der Waals surface area contributed by atoms with Gasteiger partial charge in [0.2, 0.25) is 0 Å². The largest absolute Gasteiger partial charge is 0.496 e.